The molecule has 2 aliphatic rings. The van der Waals surface area contributed by atoms with Gasteiger partial charge in [0, 0.05) is 25.8 Å². The van der Waals surface area contributed by atoms with Crippen molar-refractivity contribution in [3.05, 3.63) is 72.6 Å². The predicted octanol–water partition coefficient (Wildman–Crippen LogP) is 2.70. The van der Waals surface area contributed by atoms with Crippen molar-refractivity contribution in [1.82, 2.24) is 24.6 Å². The van der Waals surface area contributed by atoms with Gasteiger partial charge >= 0.3 is 0 Å². The molecule has 7 nitrogen and oxygen atoms in total. The van der Waals surface area contributed by atoms with Crippen LogP contribution in [0.5, 0.6) is 5.75 Å². The highest BCUT2D eigenvalue weighted by Gasteiger charge is 2.42. The van der Waals surface area contributed by atoms with Gasteiger partial charge in [-0.1, -0.05) is 18.2 Å². The quantitative estimate of drug-likeness (QED) is 0.680. The van der Waals surface area contributed by atoms with E-state index in [-0.39, 0.29) is 12.1 Å². The Bertz CT molecular complexity index is 932. The summed E-state index contributed by atoms with van der Waals surface area (Å²) in [5.74, 6) is 2.02. The number of hydrogen-bond acceptors (Lipinski definition) is 6. The Kier molecular flexibility index (Phi) is 5.46. The Labute approximate surface area is 176 Å². The number of aromatic nitrogens is 4. The maximum atomic E-state index is 10.6. The van der Waals surface area contributed by atoms with E-state index in [0.717, 1.165) is 43.9 Å². The zero-order valence-corrected chi connectivity index (χ0v) is 16.9. The van der Waals surface area contributed by atoms with Crippen LogP contribution in [0.25, 0.3) is 0 Å². The Hall–Kier alpha value is -2.77. The zero-order valence-electron chi connectivity index (χ0n) is 16.9. The molecule has 0 unspecified atom stereocenters. The molecule has 4 atom stereocenters. The molecule has 0 amide bonds. The molecular formula is C23H27N5O2. The van der Waals surface area contributed by atoms with Crippen LogP contribution in [0.3, 0.4) is 0 Å². The van der Waals surface area contributed by atoms with Crippen molar-refractivity contribution in [3.8, 4) is 5.75 Å². The Balaban J connectivity index is 1.15. The van der Waals surface area contributed by atoms with Crippen molar-refractivity contribution in [2.75, 3.05) is 13.1 Å². The van der Waals surface area contributed by atoms with Gasteiger partial charge in [-0.05, 0) is 54.5 Å². The van der Waals surface area contributed by atoms with Gasteiger partial charge in [-0.25, -0.2) is 9.67 Å². The topological polar surface area (TPSA) is 76.3 Å². The number of rotatable bonds is 6. The molecular weight excluding hydrogens is 378 g/mol. The van der Waals surface area contributed by atoms with Crippen LogP contribution in [0, 0.1) is 11.8 Å². The summed E-state index contributed by atoms with van der Waals surface area (Å²) in [6, 6.07) is 14.2. The summed E-state index contributed by atoms with van der Waals surface area (Å²) in [5.41, 5.74) is 2.21. The first kappa shape index (κ1) is 19.2. The van der Waals surface area contributed by atoms with Crippen molar-refractivity contribution in [3.63, 3.8) is 0 Å². The van der Waals surface area contributed by atoms with Crippen molar-refractivity contribution >= 4 is 0 Å². The molecule has 30 heavy (non-hydrogen) atoms. The Morgan fingerprint density at radius 1 is 1.03 bits per heavy atom. The van der Waals surface area contributed by atoms with Gasteiger partial charge in [0.25, 0.3) is 0 Å². The molecule has 156 valence electrons. The van der Waals surface area contributed by atoms with Gasteiger partial charge in [0.05, 0.1) is 17.8 Å². The highest BCUT2D eigenvalue weighted by molar-refractivity contribution is 5.27. The van der Waals surface area contributed by atoms with E-state index in [1.54, 1.807) is 18.9 Å². The van der Waals surface area contributed by atoms with Crippen LogP contribution < -0.4 is 4.74 Å². The number of likely N-dealkylation sites (tertiary alicyclic amines) is 1. The van der Waals surface area contributed by atoms with E-state index in [1.165, 1.54) is 5.56 Å². The molecule has 1 aromatic carbocycles. The Morgan fingerprint density at radius 3 is 2.60 bits per heavy atom. The monoisotopic (exact) mass is 405 g/mol. The number of aliphatic hydroxyl groups excluding tert-OH is 1. The van der Waals surface area contributed by atoms with E-state index >= 15 is 0 Å². The van der Waals surface area contributed by atoms with Crippen LogP contribution in [0.1, 0.15) is 30.1 Å². The molecule has 7 heteroatoms. The van der Waals surface area contributed by atoms with E-state index in [9.17, 15) is 5.11 Å². The van der Waals surface area contributed by atoms with E-state index in [2.05, 4.69) is 32.1 Å². The van der Waals surface area contributed by atoms with Gasteiger partial charge in [-0.2, -0.15) is 5.10 Å². The minimum absolute atomic E-state index is 0.0456. The number of hydrogen-bond donors (Lipinski definition) is 1. The van der Waals surface area contributed by atoms with Gasteiger partial charge in [0.2, 0.25) is 0 Å². The van der Waals surface area contributed by atoms with Gasteiger partial charge in [-0.15, -0.1) is 0 Å². The fraction of sp³-hybridized carbons (Fsp3) is 0.435. The third kappa shape index (κ3) is 4.22. The number of aliphatic hydroxyl groups is 1. The molecule has 1 saturated carbocycles. The van der Waals surface area contributed by atoms with Crippen LogP contribution in [0.2, 0.25) is 0 Å². The van der Waals surface area contributed by atoms with Crippen LogP contribution in [0.15, 0.2) is 61.3 Å². The first-order valence-electron chi connectivity index (χ1n) is 10.6. The summed E-state index contributed by atoms with van der Waals surface area (Å²) in [7, 11) is 0. The van der Waals surface area contributed by atoms with E-state index in [1.807, 2.05) is 35.0 Å². The van der Waals surface area contributed by atoms with E-state index < -0.39 is 0 Å². The Morgan fingerprint density at radius 2 is 1.87 bits per heavy atom. The van der Waals surface area contributed by atoms with E-state index in [4.69, 9.17) is 4.74 Å². The highest BCUT2D eigenvalue weighted by atomic mass is 16.5. The lowest BCUT2D eigenvalue weighted by Crippen LogP contribution is -2.36. The second-order valence-electron chi connectivity index (χ2n) is 8.45. The van der Waals surface area contributed by atoms with Crippen molar-refractivity contribution in [2.24, 2.45) is 11.8 Å². The normalized spacial score (nSPS) is 26.4. The molecule has 1 aliphatic heterocycles. The van der Waals surface area contributed by atoms with Gasteiger partial charge in [0.1, 0.15) is 25.0 Å². The summed E-state index contributed by atoms with van der Waals surface area (Å²) in [4.78, 5) is 10.8. The van der Waals surface area contributed by atoms with Crippen LogP contribution in [-0.2, 0) is 13.2 Å². The predicted molar refractivity (Wildman–Crippen MR) is 112 cm³/mol. The van der Waals surface area contributed by atoms with E-state index in [0.29, 0.717) is 18.4 Å². The lowest BCUT2D eigenvalue weighted by Gasteiger charge is -2.35. The smallest absolute Gasteiger partial charge is 0.137 e. The molecule has 5 rings (SSSR count). The number of nitrogens with zero attached hydrogens (tertiary/aromatic N) is 5. The fourth-order valence-electron chi connectivity index (χ4n) is 4.90. The number of benzene rings is 1. The molecule has 1 N–H and O–H groups in total. The molecule has 0 radical (unpaired) electrons. The first-order valence-corrected chi connectivity index (χ1v) is 10.6. The minimum atomic E-state index is -0.344. The summed E-state index contributed by atoms with van der Waals surface area (Å²) >= 11 is 0. The second kappa shape index (κ2) is 8.53. The number of ether oxygens (including phenoxy) is 1. The van der Waals surface area contributed by atoms with Crippen molar-refractivity contribution in [2.45, 2.75) is 38.1 Å². The van der Waals surface area contributed by atoms with Gasteiger partial charge in [-0.3, -0.25) is 9.88 Å². The molecule has 1 aliphatic carbocycles. The SMILES string of the molecule is O[C@@H]1C[C@H]2CN(Cc3ccc(OCc4ccccn4)cc3)C[C@H]2C[C@H]1n1cncn1. The maximum absolute atomic E-state index is 10.6. The molecule has 0 spiro atoms. The molecule has 1 saturated heterocycles. The first-order chi connectivity index (χ1) is 14.7. The summed E-state index contributed by atoms with van der Waals surface area (Å²) in [6.07, 6.45) is 6.51. The summed E-state index contributed by atoms with van der Waals surface area (Å²) in [5, 5.41) is 14.9. The summed E-state index contributed by atoms with van der Waals surface area (Å²) < 4.78 is 7.66. The molecule has 2 fully saturated rings. The molecule has 2 aromatic heterocycles. The average molecular weight is 406 g/mol. The van der Waals surface area contributed by atoms with Gasteiger partial charge in [0.15, 0.2) is 0 Å². The fourth-order valence-corrected chi connectivity index (χ4v) is 4.90. The molecule has 3 aromatic rings. The largest absolute Gasteiger partial charge is 0.487 e. The minimum Gasteiger partial charge on any atom is -0.487 e. The lowest BCUT2D eigenvalue weighted by atomic mass is 9.77. The van der Waals surface area contributed by atoms with Crippen LogP contribution in [0.4, 0.5) is 0 Å². The van der Waals surface area contributed by atoms with Crippen LogP contribution >= 0.6 is 0 Å². The third-order valence-electron chi connectivity index (χ3n) is 6.40. The second-order valence-corrected chi connectivity index (χ2v) is 8.45. The molecule has 3 heterocycles. The number of pyridine rings is 1. The standard InChI is InChI=1S/C23H27N5O2/c29-23-10-19-13-27(12-18(19)9-22(23)28-16-24-15-26-28)11-17-4-6-21(7-5-17)30-14-20-3-1-2-8-25-20/h1-8,15-16,18-19,22-23,29H,9-14H2/t18-,19+,22-,23-/m1/s1. The average Bonchev–Trinajstić information content (AvgIpc) is 3.43. The molecule has 0 bridgehead atoms. The lowest BCUT2D eigenvalue weighted by molar-refractivity contribution is 0.0304. The highest BCUT2D eigenvalue weighted by Crippen LogP contribution is 2.41. The maximum Gasteiger partial charge on any atom is 0.137 e. The third-order valence-corrected chi connectivity index (χ3v) is 6.40. The van der Waals surface area contributed by atoms with Crippen molar-refractivity contribution < 1.29 is 9.84 Å². The van der Waals surface area contributed by atoms with Gasteiger partial charge < -0.3 is 9.84 Å². The zero-order chi connectivity index (χ0) is 20.3. The van der Waals surface area contributed by atoms with Crippen LogP contribution in [-0.4, -0.2) is 48.9 Å². The number of fused-ring (bicyclic) bond motifs is 1. The summed E-state index contributed by atoms with van der Waals surface area (Å²) in [6.45, 7) is 3.52. The van der Waals surface area contributed by atoms with Crippen molar-refractivity contribution in [1.29, 1.82) is 0 Å².